The van der Waals surface area contributed by atoms with Gasteiger partial charge < -0.3 is 5.32 Å². The van der Waals surface area contributed by atoms with Crippen molar-refractivity contribution in [1.82, 2.24) is 10.2 Å². The summed E-state index contributed by atoms with van der Waals surface area (Å²) in [6.45, 7) is 0.819. The third kappa shape index (κ3) is 5.73. The predicted octanol–water partition coefficient (Wildman–Crippen LogP) is 2.55. The number of hydrogen-bond donors (Lipinski definition) is 1. The lowest BCUT2D eigenvalue weighted by molar-refractivity contribution is -0.147. The second-order valence-electron chi connectivity index (χ2n) is 5.25. The van der Waals surface area contributed by atoms with Gasteiger partial charge in [-0.15, -0.1) is 0 Å². The SMILES string of the molecule is FC(F)(F)CN(CCCCNC1CC1)C1CC1. The fraction of sp³-hybridized carbons (Fsp3) is 1.00. The average Bonchev–Trinajstić information content (AvgIpc) is 3.08. The molecule has 0 spiro atoms. The van der Waals surface area contributed by atoms with Crippen LogP contribution in [0, 0.1) is 0 Å². The zero-order chi connectivity index (χ0) is 12.3. The molecule has 2 aliphatic carbocycles. The van der Waals surface area contributed by atoms with Crippen LogP contribution in [0.4, 0.5) is 13.2 Å². The second kappa shape index (κ2) is 5.57. The molecule has 17 heavy (non-hydrogen) atoms. The average molecular weight is 250 g/mol. The van der Waals surface area contributed by atoms with Gasteiger partial charge in [0.15, 0.2) is 0 Å². The molecule has 0 aromatic rings. The zero-order valence-corrected chi connectivity index (χ0v) is 10.1. The molecule has 0 amide bonds. The van der Waals surface area contributed by atoms with Gasteiger partial charge in [-0.3, -0.25) is 4.90 Å². The van der Waals surface area contributed by atoms with Crippen molar-refractivity contribution in [2.75, 3.05) is 19.6 Å². The van der Waals surface area contributed by atoms with Crippen molar-refractivity contribution in [2.45, 2.75) is 56.8 Å². The third-order valence-corrected chi connectivity index (χ3v) is 3.33. The molecule has 100 valence electrons. The van der Waals surface area contributed by atoms with E-state index < -0.39 is 12.7 Å². The number of nitrogens with zero attached hydrogens (tertiary/aromatic N) is 1. The van der Waals surface area contributed by atoms with Crippen LogP contribution in [0.25, 0.3) is 0 Å². The summed E-state index contributed by atoms with van der Waals surface area (Å²) in [6.07, 6.45) is 2.22. The van der Waals surface area contributed by atoms with Crippen molar-refractivity contribution >= 4 is 0 Å². The molecule has 0 aromatic carbocycles. The lowest BCUT2D eigenvalue weighted by atomic mass is 10.2. The molecule has 0 bridgehead atoms. The predicted molar refractivity (Wildman–Crippen MR) is 60.9 cm³/mol. The van der Waals surface area contributed by atoms with Gasteiger partial charge in [-0.05, 0) is 51.6 Å². The normalized spacial score (nSPS) is 21.2. The first-order valence-corrected chi connectivity index (χ1v) is 6.59. The number of unbranched alkanes of at least 4 members (excludes halogenated alkanes) is 1. The molecular formula is C12H21F3N2. The largest absolute Gasteiger partial charge is 0.401 e. The van der Waals surface area contributed by atoms with E-state index in [-0.39, 0.29) is 6.04 Å². The van der Waals surface area contributed by atoms with Crippen molar-refractivity contribution in [3.8, 4) is 0 Å². The molecule has 2 nitrogen and oxygen atoms in total. The van der Waals surface area contributed by atoms with Crippen LogP contribution < -0.4 is 5.32 Å². The second-order valence-corrected chi connectivity index (χ2v) is 5.25. The Bertz CT molecular complexity index is 234. The minimum Gasteiger partial charge on any atom is -0.314 e. The van der Waals surface area contributed by atoms with Crippen LogP contribution in [0.2, 0.25) is 0 Å². The first-order chi connectivity index (χ1) is 8.04. The Labute approximate surface area is 101 Å². The van der Waals surface area contributed by atoms with E-state index in [9.17, 15) is 13.2 Å². The zero-order valence-electron chi connectivity index (χ0n) is 10.1. The highest BCUT2D eigenvalue weighted by molar-refractivity contribution is 4.86. The lowest BCUT2D eigenvalue weighted by Gasteiger charge is -2.23. The van der Waals surface area contributed by atoms with Gasteiger partial charge >= 0.3 is 6.18 Å². The van der Waals surface area contributed by atoms with E-state index in [1.165, 1.54) is 12.8 Å². The number of nitrogens with one attached hydrogen (secondary N) is 1. The van der Waals surface area contributed by atoms with Crippen molar-refractivity contribution in [3.05, 3.63) is 0 Å². The summed E-state index contributed by atoms with van der Waals surface area (Å²) in [7, 11) is 0. The van der Waals surface area contributed by atoms with Crippen molar-refractivity contribution in [1.29, 1.82) is 0 Å². The van der Waals surface area contributed by atoms with E-state index in [0.29, 0.717) is 12.6 Å². The summed E-state index contributed by atoms with van der Waals surface area (Å²) >= 11 is 0. The number of alkyl halides is 3. The Hall–Kier alpha value is -0.290. The summed E-state index contributed by atoms with van der Waals surface area (Å²) in [5, 5.41) is 3.38. The molecular weight excluding hydrogens is 229 g/mol. The smallest absolute Gasteiger partial charge is 0.314 e. The summed E-state index contributed by atoms with van der Waals surface area (Å²) in [5.41, 5.74) is 0. The monoisotopic (exact) mass is 250 g/mol. The minimum atomic E-state index is -4.05. The molecule has 0 aromatic heterocycles. The van der Waals surface area contributed by atoms with Gasteiger partial charge in [-0.25, -0.2) is 0 Å². The molecule has 2 saturated carbocycles. The Morgan fingerprint density at radius 2 is 1.76 bits per heavy atom. The molecule has 0 heterocycles. The van der Waals surface area contributed by atoms with Crippen molar-refractivity contribution in [3.63, 3.8) is 0 Å². The van der Waals surface area contributed by atoms with Crippen LogP contribution in [0.5, 0.6) is 0 Å². The Morgan fingerprint density at radius 1 is 1.06 bits per heavy atom. The summed E-state index contributed by atoms with van der Waals surface area (Å²) in [5.74, 6) is 0. The summed E-state index contributed by atoms with van der Waals surface area (Å²) in [4.78, 5) is 1.61. The third-order valence-electron chi connectivity index (χ3n) is 3.33. The van der Waals surface area contributed by atoms with Gasteiger partial charge in [0.25, 0.3) is 0 Å². The van der Waals surface area contributed by atoms with Crippen LogP contribution in [-0.4, -0.2) is 42.8 Å². The van der Waals surface area contributed by atoms with Gasteiger partial charge in [0.1, 0.15) is 0 Å². The highest BCUT2D eigenvalue weighted by Crippen LogP contribution is 2.30. The quantitative estimate of drug-likeness (QED) is 0.666. The number of halogens is 3. The molecule has 2 aliphatic rings. The number of hydrogen-bond acceptors (Lipinski definition) is 2. The summed E-state index contributed by atoms with van der Waals surface area (Å²) in [6, 6.07) is 0.901. The molecule has 5 heteroatoms. The molecule has 0 unspecified atom stereocenters. The molecule has 0 radical (unpaired) electrons. The lowest BCUT2D eigenvalue weighted by Crippen LogP contribution is -2.36. The van der Waals surface area contributed by atoms with Crippen LogP contribution in [0.3, 0.4) is 0 Å². The van der Waals surface area contributed by atoms with E-state index in [1.54, 1.807) is 4.90 Å². The van der Waals surface area contributed by atoms with Gasteiger partial charge in [0.2, 0.25) is 0 Å². The molecule has 2 fully saturated rings. The summed E-state index contributed by atoms with van der Waals surface area (Å²) < 4.78 is 37.0. The van der Waals surface area contributed by atoms with Gasteiger partial charge in [-0.1, -0.05) is 0 Å². The molecule has 0 atom stereocenters. The first-order valence-electron chi connectivity index (χ1n) is 6.59. The number of rotatable bonds is 8. The van der Waals surface area contributed by atoms with Gasteiger partial charge in [-0.2, -0.15) is 13.2 Å². The van der Waals surface area contributed by atoms with Crippen molar-refractivity contribution < 1.29 is 13.2 Å². The fourth-order valence-electron chi connectivity index (χ4n) is 2.09. The van der Waals surface area contributed by atoms with Crippen LogP contribution in [0.15, 0.2) is 0 Å². The van der Waals surface area contributed by atoms with E-state index in [4.69, 9.17) is 0 Å². The molecule has 2 rings (SSSR count). The highest BCUT2D eigenvalue weighted by Gasteiger charge is 2.37. The maximum atomic E-state index is 12.3. The standard InChI is InChI=1S/C12H21F3N2/c13-12(14,15)9-17(11-5-6-11)8-2-1-7-16-10-3-4-10/h10-11,16H,1-9H2. The molecule has 1 N–H and O–H groups in total. The molecule has 0 saturated heterocycles. The Kier molecular flexibility index (Phi) is 4.31. The Morgan fingerprint density at radius 3 is 2.29 bits per heavy atom. The van der Waals surface area contributed by atoms with E-state index in [2.05, 4.69) is 5.32 Å². The minimum absolute atomic E-state index is 0.202. The maximum absolute atomic E-state index is 12.3. The topological polar surface area (TPSA) is 15.3 Å². The molecule has 0 aliphatic heterocycles. The fourth-order valence-corrected chi connectivity index (χ4v) is 2.09. The van der Waals surface area contributed by atoms with Crippen LogP contribution in [0.1, 0.15) is 38.5 Å². The van der Waals surface area contributed by atoms with Crippen molar-refractivity contribution in [2.24, 2.45) is 0 Å². The Balaban J connectivity index is 1.56. The maximum Gasteiger partial charge on any atom is 0.401 e. The van der Waals surface area contributed by atoms with Gasteiger partial charge in [0, 0.05) is 12.1 Å². The van der Waals surface area contributed by atoms with Crippen LogP contribution >= 0.6 is 0 Å². The van der Waals surface area contributed by atoms with Gasteiger partial charge in [0.05, 0.1) is 6.54 Å². The highest BCUT2D eigenvalue weighted by atomic mass is 19.4. The van der Waals surface area contributed by atoms with E-state index in [1.807, 2.05) is 0 Å². The van der Waals surface area contributed by atoms with E-state index >= 15 is 0 Å². The van der Waals surface area contributed by atoms with Crippen LogP contribution in [-0.2, 0) is 0 Å². The van der Waals surface area contributed by atoms with E-state index in [0.717, 1.165) is 32.2 Å². The first kappa shape index (κ1) is 13.1.